The minimum atomic E-state index is -4.38. The van der Waals surface area contributed by atoms with Crippen molar-refractivity contribution in [1.82, 2.24) is 0 Å². The van der Waals surface area contributed by atoms with Crippen LogP contribution in [-0.4, -0.2) is 42.1 Å². The second-order valence-electron chi connectivity index (χ2n) is 4.27. The summed E-state index contributed by atoms with van der Waals surface area (Å²) in [6.07, 6.45) is -1.03. The van der Waals surface area contributed by atoms with Gasteiger partial charge in [0.2, 0.25) is 9.84 Å². The molecule has 20 heavy (non-hydrogen) atoms. The molecule has 0 amide bonds. The molecule has 0 bridgehead atoms. The van der Waals surface area contributed by atoms with E-state index in [0.29, 0.717) is 0 Å². The van der Waals surface area contributed by atoms with Crippen LogP contribution in [0.5, 0.6) is 0 Å². The minimum Gasteiger partial charge on any atom is -0.481 e. The first kappa shape index (κ1) is 18.9. The highest BCUT2D eigenvalue weighted by molar-refractivity contribution is 8.19. The van der Waals surface area contributed by atoms with Crippen molar-refractivity contribution >= 4 is 42.9 Å². The number of nitriles is 1. The van der Waals surface area contributed by atoms with Gasteiger partial charge in [-0.15, -0.1) is 0 Å². The molecule has 0 aromatic heterocycles. The molecule has 10 heteroatoms. The molecule has 0 aliphatic heterocycles. The van der Waals surface area contributed by atoms with Crippen molar-refractivity contribution < 1.29 is 26.7 Å². The number of aliphatic carboxylic acids is 1. The summed E-state index contributed by atoms with van der Waals surface area (Å²) in [5.41, 5.74) is 0. The molecule has 0 aliphatic rings. The lowest BCUT2D eigenvalue weighted by Crippen LogP contribution is -2.43. The molecule has 114 valence electrons. The van der Waals surface area contributed by atoms with E-state index >= 15 is 0 Å². The second-order valence-corrected chi connectivity index (χ2v) is 8.51. The molecule has 7 nitrogen and oxygen atoms in total. The van der Waals surface area contributed by atoms with Gasteiger partial charge in [-0.3, -0.25) is 4.79 Å². The van der Waals surface area contributed by atoms with Crippen molar-refractivity contribution in [3.05, 3.63) is 0 Å². The SMILES string of the molecule is CCC(C(=S)S(=O)(=O)C(C)(C#N)CCC(=O)O)[SH](=O)=O. The Morgan fingerprint density at radius 1 is 1.50 bits per heavy atom. The Balaban J connectivity index is 5.64. The maximum Gasteiger partial charge on any atom is 0.303 e. The smallest absolute Gasteiger partial charge is 0.303 e. The Hall–Kier alpha value is -1.05. The molecule has 0 spiro atoms. The van der Waals surface area contributed by atoms with Crippen LogP contribution in [0.3, 0.4) is 0 Å². The quantitative estimate of drug-likeness (QED) is 0.498. The number of carboxylic acid groups (broad SMARTS) is 1. The monoisotopic (exact) mass is 341 g/mol. The summed E-state index contributed by atoms with van der Waals surface area (Å²) in [6.45, 7) is 2.50. The number of thiol groups is 1. The van der Waals surface area contributed by atoms with E-state index < -0.39 is 53.5 Å². The third-order valence-electron chi connectivity index (χ3n) is 2.82. The molecular formula is C10H15NO6S3. The molecular weight excluding hydrogens is 326 g/mol. The fraction of sp³-hybridized carbons (Fsp3) is 0.700. The third-order valence-corrected chi connectivity index (χ3v) is 7.54. The Bertz CT molecular complexity index is 607. The van der Waals surface area contributed by atoms with E-state index in [9.17, 15) is 21.6 Å². The van der Waals surface area contributed by atoms with Gasteiger partial charge < -0.3 is 5.11 Å². The summed E-state index contributed by atoms with van der Waals surface area (Å²) in [6, 6.07) is 1.54. The average Bonchev–Trinajstić information content (AvgIpc) is 2.35. The van der Waals surface area contributed by atoms with Gasteiger partial charge in [0.15, 0.2) is 4.75 Å². The number of sulfone groups is 1. The Kier molecular flexibility index (Phi) is 6.73. The Labute approximate surface area is 124 Å². The topological polar surface area (TPSA) is 129 Å². The van der Waals surface area contributed by atoms with Crippen LogP contribution >= 0.6 is 12.2 Å². The van der Waals surface area contributed by atoms with E-state index in [2.05, 4.69) is 0 Å². The zero-order valence-corrected chi connectivity index (χ0v) is 13.4. The predicted molar refractivity (Wildman–Crippen MR) is 76.8 cm³/mol. The molecule has 1 N–H and O–H groups in total. The van der Waals surface area contributed by atoms with Crippen molar-refractivity contribution in [2.24, 2.45) is 0 Å². The highest BCUT2D eigenvalue weighted by Gasteiger charge is 2.45. The van der Waals surface area contributed by atoms with E-state index in [1.54, 1.807) is 0 Å². The first-order valence-electron chi connectivity index (χ1n) is 5.58. The largest absolute Gasteiger partial charge is 0.481 e. The lowest BCUT2D eigenvalue weighted by atomic mass is 10.1. The molecule has 2 unspecified atom stereocenters. The molecule has 0 fully saturated rings. The number of hydrogen-bond acceptors (Lipinski definition) is 7. The average molecular weight is 341 g/mol. The van der Waals surface area contributed by atoms with Gasteiger partial charge in [0.05, 0.1) is 6.07 Å². The standard InChI is InChI=1S/C10H15NO6S3/c1-3-7(19(14)15)9(18)20(16,17)10(2,6-11)5-4-8(12)13/h7,19H,3-5H2,1-2H3,(H,12,13). The van der Waals surface area contributed by atoms with Crippen LogP contribution in [-0.2, 0) is 25.3 Å². The van der Waals surface area contributed by atoms with Crippen molar-refractivity contribution in [3.8, 4) is 6.07 Å². The summed E-state index contributed by atoms with van der Waals surface area (Å²) < 4.78 is 43.8. The van der Waals surface area contributed by atoms with Gasteiger partial charge in [0, 0.05) is 6.42 Å². The number of hydrogen-bond donors (Lipinski definition) is 2. The second kappa shape index (κ2) is 7.10. The molecule has 0 saturated carbocycles. The fourth-order valence-electron chi connectivity index (χ4n) is 1.40. The van der Waals surface area contributed by atoms with Gasteiger partial charge in [-0.25, -0.2) is 16.8 Å². The summed E-state index contributed by atoms with van der Waals surface area (Å²) in [5.74, 6) is -1.26. The first-order chi connectivity index (χ1) is 9.03. The van der Waals surface area contributed by atoms with E-state index in [0.717, 1.165) is 6.92 Å². The molecule has 0 rings (SSSR count). The Morgan fingerprint density at radius 2 is 2.00 bits per heavy atom. The zero-order chi connectivity index (χ0) is 16.1. The minimum absolute atomic E-state index is 0.0305. The van der Waals surface area contributed by atoms with Crippen molar-refractivity contribution in [1.29, 1.82) is 5.26 Å². The van der Waals surface area contributed by atoms with Crippen molar-refractivity contribution in [3.63, 3.8) is 0 Å². The number of nitrogens with zero attached hydrogens (tertiary/aromatic N) is 1. The summed E-state index contributed by atoms with van der Waals surface area (Å²) >= 11 is 4.71. The van der Waals surface area contributed by atoms with Crippen LogP contribution in [0.4, 0.5) is 0 Å². The van der Waals surface area contributed by atoms with Gasteiger partial charge >= 0.3 is 5.97 Å². The van der Waals surface area contributed by atoms with Gasteiger partial charge in [-0.1, -0.05) is 19.1 Å². The van der Waals surface area contributed by atoms with Crippen LogP contribution in [0, 0.1) is 11.3 Å². The van der Waals surface area contributed by atoms with Gasteiger partial charge in [0.1, 0.15) is 20.2 Å². The van der Waals surface area contributed by atoms with E-state index in [1.807, 2.05) is 0 Å². The molecule has 0 aliphatic carbocycles. The molecule has 0 saturated heterocycles. The van der Waals surface area contributed by atoms with Gasteiger partial charge in [-0.05, 0) is 19.8 Å². The summed E-state index contributed by atoms with van der Waals surface area (Å²) in [5, 5.41) is 16.3. The van der Waals surface area contributed by atoms with Crippen molar-refractivity contribution in [2.45, 2.75) is 43.1 Å². The molecule has 0 radical (unpaired) electrons. The highest BCUT2D eigenvalue weighted by Crippen LogP contribution is 2.27. The third kappa shape index (κ3) is 3.97. The molecule has 2 atom stereocenters. The van der Waals surface area contributed by atoms with Crippen LogP contribution in [0.25, 0.3) is 0 Å². The van der Waals surface area contributed by atoms with Crippen LogP contribution in [0.2, 0.25) is 0 Å². The van der Waals surface area contributed by atoms with Crippen molar-refractivity contribution in [2.75, 3.05) is 0 Å². The fourth-order valence-corrected chi connectivity index (χ4v) is 4.98. The Morgan fingerprint density at radius 3 is 2.30 bits per heavy atom. The summed E-state index contributed by atoms with van der Waals surface area (Å²) in [4.78, 5) is 10.5. The van der Waals surface area contributed by atoms with Gasteiger partial charge in [0.25, 0.3) is 0 Å². The number of carboxylic acids is 1. The molecule has 0 aromatic rings. The molecule has 0 heterocycles. The number of carbonyl (C=O) groups is 1. The normalized spacial score (nSPS) is 16.1. The van der Waals surface area contributed by atoms with Crippen LogP contribution in [0.1, 0.15) is 33.1 Å². The maximum atomic E-state index is 12.3. The van der Waals surface area contributed by atoms with Crippen LogP contribution < -0.4 is 0 Å². The van der Waals surface area contributed by atoms with Crippen LogP contribution in [0.15, 0.2) is 0 Å². The van der Waals surface area contributed by atoms with E-state index in [4.69, 9.17) is 22.6 Å². The van der Waals surface area contributed by atoms with E-state index in [-0.39, 0.29) is 6.42 Å². The highest BCUT2D eigenvalue weighted by atomic mass is 32.2. The first-order valence-corrected chi connectivity index (χ1v) is 8.72. The number of rotatable bonds is 7. The zero-order valence-electron chi connectivity index (χ0n) is 10.9. The summed E-state index contributed by atoms with van der Waals surface area (Å²) in [7, 11) is -7.47. The maximum absolute atomic E-state index is 12.3. The lowest BCUT2D eigenvalue weighted by molar-refractivity contribution is -0.137. The molecule has 0 aromatic carbocycles. The number of thiocarbonyl (C=S) groups is 1. The predicted octanol–water partition coefficient (Wildman–Crippen LogP) is 0.266. The van der Waals surface area contributed by atoms with E-state index in [1.165, 1.54) is 13.0 Å². The lowest BCUT2D eigenvalue weighted by Gasteiger charge is -2.23. The van der Waals surface area contributed by atoms with Gasteiger partial charge in [-0.2, -0.15) is 5.26 Å².